The fourth-order valence-corrected chi connectivity index (χ4v) is 4.49. The van der Waals surface area contributed by atoms with Crippen LogP contribution < -0.4 is 11.5 Å². The number of hydrogen-bond donors (Lipinski definition) is 3. The molecular weight excluding hydrogens is 380 g/mol. The molecule has 0 spiro atoms. The topological polar surface area (TPSA) is 72.3 Å². The summed E-state index contributed by atoms with van der Waals surface area (Å²) in [6, 6.07) is 30.0. The van der Waals surface area contributed by atoms with E-state index in [1.54, 1.807) is 0 Å². The van der Waals surface area contributed by atoms with Crippen molar-refractivity contribution < 1.29 is 5.11 Å². The molecule has 4 aromatic rings. The van der Waals surface area contributed by atoms with Crippen LogP contribution in [0.5, 0.6) is 0 Å². The molecule has 4 rings (SSSR count). The molecule has 2 unspecified atom stereocenters. The second-order valence-electron chi connectivity index (χ2n) is 8.40. The zero-order chi connectivity index (χ0) is 21.8. The number of rotatable bonds is 7. The first kappa shape index (κ1) is 21.3. The standard InChI is InChI=1S/C28H30N2O/c1-20-9-2-3-11-22(20)17-28(31,18-23-12-4-5-13-24(23)19-29)27(30)26-16-8-14-21-10-6-7-15-25(21)26/h2-16,27,31H,17-19,29-30H2,1H3. The Morgan fingerprint density at radius 1 is 0.742 bits per heavy atom. The van der Waals surface area contributed by atoms with Gasteiger partial charge in [0.1, 0.15) is 0 Å². The van der Waals surface area contributed by atoms with Crippen LogP contribution >= 0.6 is 0 Å². The minimum absolute atomic E-state index is 0.430. The number of aryl methyl sites for hydroxylation is 1. The van der Waals surface area contributed by atoms with Gasteiger partial charge in [-0.15, -0.1) is 0 Å². The minimum Gasteiger partial charge on any atom is -0.387 e. The molecule has 0 bridgehead atoms. The Kier molecular flexibility index (Phi) is 6.19. The predicted octanol–water partition coefficient (Wildman–Crippen LogP) is 4.82. The molecule has 31 heavy (non-hydrogen) atoms. The van der Waals surface area contributed by atoms with Gasteiger partial charge in [0.2, 0.25) is 0 Å². The molecular formula is C28H30N2O. The molecule has 0 fully saturated rings. The Hall–Kier alpha value is -2.98. The lowest BCUT2D eigenvalue weighted by Gasteiger charge is -2.36. The maximum Gasteiger partial charge on any atom is 0.0920 e. The Morgan fingerprint density at radius 3 is 2.06 bits per heavy atom. The predicted molar refractivity (Wildman–Crippen MR) is 129 cm³/mol. The molecule has 158 valence electrons. The average Bonchev–Trinajstić information content (AvgIpc) is 2.80. The molecule has 3 heteroatoms. The van der Waals surface area contributed by atoms with E-state index in [2.05, 4.69) is 37.3 Å². The lowest BCUT2D eigenvalue weighted by Crippen LogP contribution is -2.45. The van der Waals surface area contributed by atoms with Crippen LogP contribution in [0.25, 0.3) is 10.8 Å². The smallest absolute Gasteiger partial charge is 0.0920 e. The Labute approximate surface area is 184 Å². The first-order valence-electron chi connectivity index (χ1n) is 10.8. The average molecular weight is 411 g/mol. The van der Waals surface area contributed by atoms with Gasteiger partial charge in [-0.1, -0.05) is 91.0 Å². The maximum atomic E-state index is 12.2. The van der Waals surface area contributed by atoms with Crippen molar-refractivity contribution in [1.82, 2.24) is 0 Å². The van der Waals surface area contributed by atoms with E-state index in [-0.39, 0.29) is 0 Å². The van der Waals surface area contributed by atoms with Gasteiger partial charge in [-0.3, -0.25) is 0 Å². The van der Waals surface area contributed by atoms with Gasteiger partial charge in [-0.05, 0) is 45.5 Å². The second kappa shape index (κ2) is 9.03. The maximum absolute atomic E-state index is 12.2. The van der Waals surface area contributed by atoms with E-state index in [1.807, 2.05) is 60.7 Å². The number of fused-ring (bicyclic) bond motifs is 1. The quantitative estimate of drug-likeness (QED) is 0.409. The molecule has 0 aliphatic heterocycles. The number of nitrogens with two attached hydrogens (primary N) is 2. The SMILES string of the molecule is Cc1ccccc1CC(O)(Cc1ccccc1CN)C(N)c1cccc2ccccc12. The van der Waals surface area contributed by atoms with E-state index >= 15 is 0 Å². The molecule has 0 amide bonds. The molecule has 0 saturated carbocycles. The summed E-state index contributed by atoms with van der Waals surface area (Å²) in [5.41, 5.74) is 17.0. The van der Waals surface area contributed by atoms with Crippen LogP contribution in [-0.4, -0.2) is 10.7 Å². The van der Waals surface area contributed by atoms with E-state index in [4.69, 9.17) is 11.5 Å². The van der Waals surface area contributed by atoms with Gasteiger partial charge >= 0.3 is 0 Å². The van der Waals surface area contributed by atoms with Crippen LogP contribution in [0.2, 0.25) is 0 Å². The summed E-state index contributed by atoms with van der Waals surface area (Å²) < 4.78 is 0. The summed E-state index contributed by atoms with van der Waals surface area (Å²) in [6.45, 7) is 2.51. The Morgan fingerprint density at radius 2 is 1.32 bits per heavy atom. The third-order valence-corrected chi connectivity index (χ3v) is 6.33. The highest BCUT2D eigenvalue weighted by Gasteiger charge is 2.37. The fourth-order valence-electron chi connectivity index (χ4n) is 4.49. The van der Waals surface area contributed by atoms with Crippen molar-refractivity contribution in [1.29, 1.82) is 0 Å². The highest BCUT2D eigenvalue weighted by atomic mass is 16.3. The third-order valence-electron chi connectivity index (χ3n) is 6.33. The Bertz CT molecular complexity index is 1180. The van der Waals surface area contributed by atoms with Crippen LogP contribution in [0.1, 0.15) is 33.9 Å². The fraction of sp³-hybridized carbons (Fsp3) is 0.214. The third kappa shape index (κ3) is 4.40. The summed E-state index contributed by atoms with van der Waals surface area (Å²) in [4.78, 5) is 0. The molecule has 5 N–H and O–H groups in total. The summed E-state index contributed by atoms with van der Waals surface area (Å²) in [5.74, 6) is 0. The van der Waals surface area contributed by atoms with Crippen molar-refractivity contribution in [2.45, 2.75) is 38.0 Å². The van der Waals surface area contributed by atoms with Crippen molar-refractivity contribution in [2.75, 3.05) is 0 Å². The molecule has 0 aromatic heterocycles. The molecule has 4 aromatic carbocycles. The first-order valence-corrected chi connectivity index (χ1v) is 10.8. The Balaban J connectivity index is 1.82. The van der Waals surface area contributed by atoms with Crippen molar-refractivity contribution in [3.05, 3.63) is 119 Å². The zero-order valence-corrected chi connectivity index (χ0v) is 18.0. The highest BCUT2D eigenvalue weighted by molar-refractivity contribution is 5.86. The highest BCUT2D eigenvalue weighted by Crippen LogP contribution is 2.35. The molecule has 2 atom stereocenters. The van der Waals surface area contributed by atoms with Crippen LogP contribution in [0.3, 0.4) is 0 Å². The van der Waals surface area contributed by atoms with Crippen LogP contribution in [0.4, 0.5) is 0 Å². The van der Waals surface area contributed by atoms with E-state index in [9.17, 15) is 5.11 Å². The number of benzene rings is 4. The minimum atomic E-state index is -1.18. The van der Waals surface area contributed by atoms with Gasteiger partial charge in [0.05, 0.1) is 11.6 Å². The van der Waals surface area contributed by atoms with Crippen molar-refractivity contribution in [3.63, 3.8) is 0 Å². The van der Waals surface area contributed by atoms with Gasteiger partial charge in [0.15, 0.2) is 0 Å². The summed E-state index contributed by atoms with van der Waals surface area (Å²) in [5, 5.41) is 14.4. The van der Waals surface area contributed by atoms with E-state index in [1.165, 1.54) is 0 Å². The summed E-state index contributed by atoms with van der Waals surface area (Å²) in [6.07, 6.45) is 0.891. The van der Waals surface area contributed by atoms with Crippen molar-refractivity contribution in [2.24, 2.45) is 11.5 Å². The normalized spacial score (nSPS) is 14.3. The van der Waals surface area contributed by atoms with E-state index in [0.29, 0.717) is 19.4 Å². The lowest BCUT2D eigenvalue weighted by molar-refractivity contribution is 0.0137. The monoisotopic (exact) mass is 410 g/mol. The van der Waals surface area contributed by atoms with E-state index in [0.717, 1.165) is 38.6 Å². The van der Waals surface area contributed by atoms with Crippen molar-refractivity contribution in [3.8, 4) is 0 Å². The van der Waals surface area contributed by atoms with Gasteiger partial charge in [0, 0.05) is 19.4 Å². The first-order chi connectivity index (χ1) is 15.0. The summed E-state index contributed by atoms with van der Waals surface area (Å²) >= 11 is 0. The van der Waals surface area contributed by atoms with Crippen LogP contribution in [0.15, 0.2) is 91.0 Å². The van der Waals surface area contributed by atoms with E-state index < -0.39 is 11.6 Å². The molecule has 0 saturated heterocycles. The number of hydrogen-bond acceptors (Lipinski definition) is 3. The largest absolute Gasteiger partial charge is 0.387 e. The van der Waals surface area contributed by atoms with Crippen LogP contribution in [0, 0.1) is 6.92 Å². The molecule has 0 radical (unpaired) electrons. The molecule has 0 aliphatic carbocycles. The van der Waals surface area contributed by atoms with Gasteiger partial charge in [-0.2, -0.15) is 0 Å². The number of aliphatic hydroxyl groups is 1. The lowest BCUT2D eigenvalue weighted by atomic mass is 9.77. The van der Waals surface area contributed by atoms with Gasteiger partial charge in [0.25, 0.3) is 0 Å². The zero-order valence-electron chi connectivity index (χ0n) is 18.0. The molecule has 0 heterocycles. The molecule has 3 nitrogen and oxygen atoms in total. The summed E-state index contributed by atoms with van der Waals surface area (Å²) in [7, 11) is 0. The van der Waals surface area contributed by atoms with Gasteiger partial charge < -0.3 is 16.6 Å². The molecule has 0 aliphatic rings. The second-order valence-corrected chi connectivity index (χ2v) is 8.40. The van der Waals surface area contributed by atoms with Crippen molar-refractivity contribution >= 4 is 10.8 Å². The van der Waals surface area contributed by atoms with Gasteiger partial charge in [-0.25, -0.2) is 0 Å². The van der Waals surface area contributed by atoms with Crippen LogP contribution in [-0.2, 0) is 19.4 Å².